The molecule has 0 aliphatic heterocycles. The molecule has 0 unspecified atom stereocenters. The van der Waals surface area contributed by atoms with Crippen molar-refractivity contribution in [3.63, 3.8) is 0 Å². The molecule has 0 saturated heterocycles. The van der Waals surface area contributed by atoms with Crippen molar-refractivity contribution < 1.29 is 4.74 Å². The molecule has 1 aromatic rings. The van der Waals surface area contributed by atoms with E-state index in [1.54, 1.807) is 0 Å². The minimum Gasteiger partial charge on any atom is -0.494 e. The zero-order valence-corrected chi connectivity index (χ0v) is 14.2. The van der Waals surface area contributed by atoms with Crippen molar-refractivity contribution in [2.75, 3.05) is 19.4 Å². The van der Waals surface area contributed by atoms with Gasteiger partial charge in [0.05, 0.1) is 6.61 Å². The lowest BCUT2D eigenvalue weighted by Crippen LogP contribution is -2.31. The molecule has 20 heavy (non-hydrogen) atoms. The fourth-order valence-corrected chi connectivity index (χ4v) is 2.07. The first-order chi connectivity index (χ1) is 9.57. The summed E-state index contributed by atoms with van der Waals surface area (Å²) in [5, 5.41) is 3.51. The van der Waals surface area contributed by atoms with Crippen LogP contribution in [0.3, 0.4) is 0 Å². The van der Waals surface area contributed by atoms with Crippen LogP contribution in [-0.4, -0.2) is 24.2 Å². The Morgan fingerprint density at radius 2 is 1.85 bits per heavy atom. The average Bonchev–Trinajstić information content (AvgIpc) is 2.45. The smallest absolute Gasteiger partial charge is 0.119 e. The van der Waals surface area contributed by atoms with E-state index >= 15 is 0 Å². The molecule has 0 spiro atoms. The highest BCUT2D eigenvalue weighted by Crippen LogP contribution is 2.20. The number of nitrogens with one attached hydrogen (secondary N) is 1. The van der Waals surface area contributed by atoms with E-state index in [-0.39, 0.29) is 0 Å². The number of thioether (sulfide) groups is 1. The highest BCUT2D eigenvalue weighted by Gasteiger charge is 2.14. The van der Waals surface area contributed by atoms with E-state index in [0.717, 1.165) is 31.9 Å². The Balaban J connectivity index is 2.28. The van der Waals surface area contributed by atoms with Crippen molar-refractivity contribution in [2.24, 2.45) is 0 Å². The summed E-state index contributed by atoms with van der Waals surface area (Å²) in [6, 6.07) is 8.44. The van der Waals surface area contributed by atoms with Crippen LogP contribution >= 0.6 is 11.8 Å². The fourth-order valence-electron chi connectivity index (χ4n) is 1.83. The predicted octanol–water partition coefficient (Wildman–Crippen LogP) is 4.49. The molecule has 1 aromatic carbocycles. The summed E-state index contributed by atoms with van der Waals surface area (Å²) < 4.78 is 6.01. The van der Waals surface area contributed by atoms with Crippen molar-refractivity contribution in [3.8, 4) is 5.75 Å². The van der Waals surface area contributed by atoms with Crippen LogP contribution in [0, 0.1) is 0 Å². The molecule has 1 N–H and O–H groups in total. The van der Waals surface area contributed by atoms with Crippen LogP contribution in [0.2, 0.25) is 0 Å². The van der Waals surface area contributed by atoms with Gasteiger partial charge >= 0.3 is 0 Å². The molecule has 0 fully saturated rings. The number of benzene rings is 1. The van der Waals surface area contributed by atoms with Gasteiger partial charge in [0.15, 0.2) is 0 Å². The van der Waals surface area contributed by atoms with Gasteiger partial charge in [0, 0.05) is 17.8 Å². The zero-order chi connectivity index (χ0) is 14.8. The SMILES string of the molecule is CCCCCOc1ccc(CNCC(C)(C)SC)cc1. The van der Waals surface area contributed by atoms with Crippen molar-refractivity contribution in [1.82, 2.24) is 5.32 Å². The lowest BCUT2D eigenvalue weighted by molar-refractivity contribution is 0.306. The number of ether oxygens (including phenoxy) is 1. The third-order valence-corrected chi connectivity index (χ3v) is 4.62. The Morgan fingerprint density at radius 1 is 1.15 bits per heavy atom. The molecular weight excluding hydrogens is 266 g/mol. The third kappa shape index (κ3) is 7.20. The van der Waals surface area contributed by atoms with Crippen molar-refractivity contribution >= 4 is 11.8 Å². The molecule has 0 saturated carbocycles. The summed E-state index contributed by atoms with van der Waals surface area (Å²) >= 11 is 1.90. The minimum absolute atomic E-state index is 0.294. The van der Waals surface area contributed by atoms with Gasteiger partial charge < -0.3 is 10.1 Å². The fraction of sp³-hybridized carbons (Fsp3) is 0.647. The van der Waals surface area contributed by atoms with Crippen LogP contribution in [0.25, 0.3) is 0 Å². The quantitative estimate of drug-likeness (QED) is 0.643. The predicted molar refractivity (Wildman–Crippen MR) is 90.8 cm³/mol. The second-order valence-electron chi connectivity index (χ2n) is 5.77. The van der Waals surface area contributed by atoms with E-state index in [1.165, 1.54) is 18.4 Å². The molecule has 0 radical (unpaired) electrons. The summed E-state index contributed by atoms with van der Waals surface area (Å²) in [7, 11) is 0. The van der Waals surface area contributed by atoms with Gasteiger partial charge in [-0.25, -0.2) is 0 Å². The molecule has 0 atom stereocenters. The van der Waals surface area contributed by atoms with Gasteiger partial charge in [-0.1, -0.05) is 31.9 Å². The topological polar surface area (TPSA) is 21.3 Å². The van der Waals surface area contributed by atoms with Crippen LogP contribution in [0.1, 0.15) is 45.6 Å². The summed E-state index contributed by atoms with van der Waals surface area (Å²) in [5.74, 6) is 0.981. The normalized spacial score (nSPS) is 11.6. The molecule has 0 amide bonds. The van der Waals surface area contributed by atoms with Gasteiger partial charge in [-0.3, -0.25) is 0 Å². The Hall–Kier alpha value is -0.670. The van der Waals surface area contributed by atoms with Crippen molar-refractivity contribution in [2.45, 2.75) is 51.3 Å². The first-order valence-electron chi connectivity index (χ1n) is 7.55. The van der Waals surface area contributed by atoms with E-state index < -0.39 is 0 Å². The molecule has 2 nitrogen and oxygen atoms in total. The summed E-state index contributed by atoms with van der Waals surface area (Å²) in [6.07, 6.45) is 5.78. The monoisotopic (exact) mass is 295 g/mol. The molecule has 0 aromatic heterocycles. The van der Waals surface area contributed by atoms with E-state index in [9.17, 15) is 0 Å². The maximum absolute atomic E-state index is 5.72. The van der Waals surface area contributed by atoms with Crippen LogP contribution < -0.4 is 10.1 Å². The molecule has 1 rings (SSSR count). The number of hydrogen-bond donors (Lipinski definition) is 1. The van der Waals surface area contributed by atoms with E-state index in [4.69, 9.17) is 4.74 Å². The Kier molecular flexibility index (Phi) is 8.08. The second kappa shape index (κ2) is 9.30. The van der Waals surface area contributed by atoms with Gasteiger partial charge in [-0.2, -0.15) is 11.8 Å². The van der Waals surface area contributed by atoms with Gasteiger partial charge in [0.1, 0.15) is 5.75 Å². The van der Waals surface area contributed by atoms with Crippen LogP contribution in [-0.2, 0) is 6.54 Å². The highest BCUT2D eigenvalue weighted by molar-refractivity contribution is 7.99. The molecule has 0 heterocycles. The maximum atomic E-state index is 5.72. The van der Waals surface area contributed by atoms with Gasteiger partial charge in [-0.15, -0.1) is 0 Å². The summed E-state index contributed by atoms with van der Waals surface area (Å²) in [4.78, 5) is 0. The van der Waals surface area contributed by atoms with Crippen LogP contribution in [0.4, 0.5) is 0 Å². The molecule has 0 aliphatic carbocycles. The number of hydrogen-bond acceptors (Lipinski definition) is 3. The van der Waals surface area contributed by atoms with Crippen LogP contribution in [0.5, 0.6) is 5.75 Å². The van der Waals surface area contributed by atoms with Crippen LogP contribution in [0.15, 0.2) is 24.3 Å². The third-order valence-electron chi connectivity index (χ3n) is 3.37. The zero-order valence-electron chi connectivity index (χ0n) is 13.4. The minimum atomic E-state index is 0.294. The largest absolute Gasteiger partial charge is 0.494 e. The van der Waals surface area contributed by atoms with E-state index in [2.05, 4.69) is 56.6 Å². The lowest BCUT2D eigenvalue weighted by atomic mass is 10.2. The average molecular weight is 295 g/mol. The Labute approximate surface area is 128 Å². The maximum Gasteiger partial charge on any atom is 0.119 e. The molecule has 0 aliphatic rings. The molecule has 0 bridgehead atoms. The molecular formula is C17H29NOS. The number of unbranched alkanes of at least 4 members (excludes halogenated alkanes) is 2. The Bertz CT molecular complexity index is 362. The summed E-state index contributed by atoms with van der Waals surface area (Å²) in [5.41, 5.74) is 1.31. The highest BCUT2D eigenvalue weighted by atomic mass is 32.2. The van der Waals surface area contributed by atoms with Gasteiger partial charge in [0.25, 0.3) is 0 Å². The second-order valence-corrected chi connectivity index (χ2v) is 7.28. The van der Waals surface area contributed by atoms with E-state index in [1.807, 2.05) is 11.8 Å². The first kappa shape index (κ1) is 17.4. The van der Waals surface area contributed by atoms with Crippen molar-refractivity contribution in [1.29, 1.82) is 0 Å². The lowest BCUT2D eigenvalue weighted by Gasteiger charge is -2.22. The number of rotatable bonds is 10. The molecule has 114 valence electrons. The van der Waals surface area contributed by atoms with Crippen molar-refractivity contribution in [3.05, 3.63) is 29.8 Å². The Morgan fingerprint density at radius 3 is 2.45 bits per heavy atom. The van der Waals surface area contributed by atoms with Gasteiger partial charge in [0.2, 0.25) is 0 Å². The van der Waals surface area contributed by atoms with E-state index in [0.29, 0.717) is 4.75 Å². The first-order valence-corrected chi connectivity index (χ1v) is 8.77. The molecule has 3 heteroatoms. The summed E-state index contributed by atoms with van der Waals surface area (Å²) in [6.45, 7) is 9.49. The standard InChI is InChI=1S/C17H29NOS/c1-5-6-7-12-19-16-10-8-15(9-11-16)13-18-14-17(2,3)20-4/h8-11,18H,5-7,12-14H2,1-4H3. The van der Waals surface area contributed by atoms with Gasteiger partial charge in [-0.05, 0) is 44.2 Å².